The number of fused-ring (bicyclic) bond motifs is 1. The van der Waals surface area contributed by atoms with Crippen LogP contribution < -0.4 is 5.32 Å². The Bertz CT molecular complexity index is 988. The number of imidazole rings is 1. The summed E-state index contributed by atoms with van der Waals surface area (Å²) in [6.45, 7) is 4.60. The van der Waals surface area contributed by atoms with E-state index in [-0.39, 0.29) is 24.5 Å². The summed E-state index contributed by atoms with van der Waals surface area (Å²) in [4.78, 5) is 29.1. The summed E-state index contributed by atoms with van der Waals surface area (Å²) in [6, 6.07) is 17.0. The number of para-hydroxylation sites is 2. The van der Waals surface area contributed by atoms with Crippen LogP contribution in [0.5, 0.6) is 0 Å². The third-order valence-electron chi connectivity index (χ3n) is 4.69. The fraction of sp³-hybridized carbons (Fsp3) is 0.348. The van der Waals surface area contributed by atoms with Crippen LogP contribution in [0.4, 0.5) is 0 Å². The molecule has 1 aromatic heterocycles. The summed E-state index contributed by atoms with van der Waals surface area (Å²) in [7, 11) is 0. The van der Waals surface area contributed by atoms with Gasteiger partial charge in [-0.3, -0.25) is 9.59 Å². The molecule has 0 aliphatic heterocycles. The first-order chi connectivity index (χ1) is 14.6. The van der Waals surface area contributed by atoms with Crippen molar-refractivity contribution in [2.75, 3.05) is 12.3 Å². The van der Waals surface area contributed by atoms with Gasteiger partial charge in [-0.15, -0.1) is 0 Å². The number of esters is 1. The number of ether oxygens (including phenoxy) is 1. The largest absolute Gasteiger partial charge is 0.461 e. The van der Waals surface area contributed by atoms with Crippen LogP contribution in [-0.4, -0.2) is 39.8 Å². The van der Waals surface area contributed by atoms with Gasteiger partial charge in [-0.1, -0.05) is 49.0 Å². The van der Waals surface area contributed by atoms with Gasteiger partial charge in [0.05, 0.1) is 17.1 Å². The Labute approximate surface area is 181 Å². The average Bonchev–Trinajstić information content (AvgIpc) is 3.11. The van der Waals surface area contributed by atoms with Gasteiger partial charge in [0.25, 0.3) is 5.91 Å². The minimum atomic E-state index is -0.260. The summed E-state index contributed by atoms with van der Waals surface area (Å²) in [5, 5.41) is 3.72. The van der Waals surface area contributed by atoms with Crippen molar-refractivity contribution >= 4 is 34.7 Å². The monoisotopic (exact) mass is 425 g/mol. The van der Waals surface area contributed by atoms with Gasteiger partial charge in [0.1, 0.15) is 6.54 Å². The number of benzene rings is 2. The van der Waals surface area contributed by atoms with E-state index < -0.39 is 0 Å². The van der Waals surface area contributed by atoms with Crippen molar-refractivity contribution in [3.63, 3.8) is 0 Å². The van der Waals surface area contributed by atoms with E-state index in [2.05, 4.69) is 10.3 Å². The molecule has 0 fully saturated rings. The van der Waals surface area contributed by atoms with Crippen molar-refractivity contribution < 1.29 is 14.3 Å². The van der Waals surface area contributed by atoms with Crippen LogP contribution in [0.1, 0.15) is 37.0 Å². The molecule has 1 atom stereocenters. The molecule has 6 nitrogen and oxygen atoms in total. The third kappa shape index (κ3) is 5.86. The lowest BCUT2D eigenvalue weighted by molar-refractivity contribution is -0.149. The number of carbonyl (C=O) groups excluding carboxylic acids is 2. The number of amides is 1. The molecule has 3 aromatic rings. The molecule has 1 amide bonds. The molecule has 1 N–H and O–H groups in total. The number of thioether (sulfide) groups is 1. The zero-order chi connectivity index (χ0) is 21.3. The quantitative estimate of drug-likeness (QED) is 0.298. The summed E-state index contributed by atoms with van der Waals surface area (Å²) < 4.78 is 7.35. The van der Waals surface area contributed by atoms with Crippen LogP contribution in [0, 0.1) is 0 Å². The molecule has 0 radical (unpaired) electrons. The van der Waals surface area contributed by atoms with E-state index in [1.54, 1.807) is 23.9 Å². The Balaban J connectivity index is 1.57. The van der Waals surface area contributed by atoms with Gasteiger partial charge in [-0.25, -0.2) is 4.98 Å². The molecule has 2 aromatic carbocycles. The minimum absolute atomic E-state index is 0.0689. The fourth-order valence-corrected chi connectivity index (χ4v) is 3.87. The highest BCUT2D eigenvalue weighted by Gasteiger charge is 2.16. The second-order valence-electron chi connectivity index (χ2n) is 7.00. The van der Waals surface area contributed by atoms with Crippen LogP contribution in [0.15, 0.2) is 59.8 Å². The Kier molecular flexibility index (Phi) is 7.90. The van der Waals surface area contributed by atoms with Crippen LogP contribution in [0.2, 0.25) is 0 Å². The summed E-state index contributed by atoms with van der Waals surface area (Å²) in [6.07, 6.45) is 1.48. The van der Waals surface area contributed by atoms with Crippen LogP contribution in [0.3, 0.4) is 0 Å². The predicted molar refractivity (Wildman–Crippen MR) is 120 cm³/mol. The molecule has 158 valence electrons. The molecule has 0 saturated carbocycles. The first-order valence-corrected chi connectivity index (χ1v) is 11.2. The zero-order valence-corrected chi connectivity index (χ0v) is 18.2. The molecule has 0 saturated heterocycles. The van der Waals surface area contributed by atoms with Crippen molar-refractivity contribution in [3.8, 4) is 0 Å². The van der Waals surface area contributed by atoms with Gasteiger partial charge in [0, 0.05) is 17.9 Å². The van der Waals surface area contributed by atoms with Gasteiger partial charge >= 0.3 is 5.97 Å². The van der Waals surface area contributed by atoms with Crippen molar-refractivity contribution in [1.82, 2.24) is 14.9 Å². The number of nitrogens with zero attached hydrogens (tertiary/aromatic N) is 2. The van der Waals surface area contributed by atoms with E-state index >= 15 is 0 Å². The normalized spacial score (nSPS) is 11.9. The van der Waals surface area contributed by atoms with Crippen molar-refractivity contribution in [2.45, 2.75) is 44.5 Å². The topological polar surface area (TPSA) is 73.2 Å². The standard InChI is InChI=1S/C23H27N3O3S/c1-3-17(2)29-21(27)16-26-20-13-8-7-12-19(20)25-23(26)30-15-9-14-24-22(28)18-10-5-4-6-11-18/h4-8,10-13,17H,3,9,14-16H2,1-2H3,(H,24,28). The van der Waals surface area contributed by atoms with E-state index in [0.717, 1.165) is 34.8 Å². The summed E-state index contributed by atoms with van der Waals surface area (Å²) >= 11 is 1.58. The Morgan fingerprint density at radius 3 is 2.63 bits per heavy atom. The summed E-state index contributed by atoms with van der Waals surface area (Å²) in [5.74, 6) is 0.448. The maximum absolute atomic E-state index is 12.3. The smallest absolute Gasteiger partial charge is 0.326 e. The molecular weight excluding hydrogens is 398 g/mol. The first-order valence-electron chi connectivity index (χ1n) is 10.2. The summed E-state index contributed by atoms with van der Waals surface area (Å²) in [5.41, 5.74) is 2.43. The minimum Gasteiger partial charge on any atom is -0.461 e. The molecule has 1 unspecified atom stereocenters. The molecule has 7 heteroatoms. The SMILES string of the molecule is CCC(C)OC(=O)Cn1c(SCCCNC(=O)c2ccccc2)nc2ccccc21. The maximum atomic E-state index is 12.3. The number of carbonyl (C=O) groups is 2. The first kappa shape index (κ1) is 21.9. The number of hydrogen-bond acceptors (Lipinski definition) is 5. The molecule has 0 aliphatic carbocycles. The third-order valence-corrected chi connectivity index (χ3v) is 5.75. The zero-order valence-electron chi connectivity index (χ0n) is 17.3. The molecular formula is C23H27N3O3S. The maximum Gasteiger partial charge on any atom is 0.326 e. The Morgan fingerprint density at radius 2 is 1.87 bits per heavy atom. The van der Waals surface area contributed by atoms with E-state index in [1.165, 1.54) is 0 Å². The van der Waals surface area contributed by atoms with Crippen LogP contribution >= 0.6 is 11.8 Å². The van der Waals surface area contributed by atoms with E-state index in [9.17, 15) is 9.59 Å². The molecule has 0 spiro atoms. The molecule has 0 aliphatic rings. The fourth-order valence-electron chi connectivity index (χ4n) is 2.92. The Morgan fingerprint density at radius 1 is 1.13 bits per heavy atom. The second-order valence-corrected chi connectivity index (χ2v) is 8.06. The molecule has 3 rings (SSSR count). The van der Waals surface area contributed by atoms with Gasteiger partial charge in [-0.2, -0.15) is 0 Å². The van der Waals surface area contributed by atoms with Gasteiger partial charge in [0.2, 0.25) is 0 Å². The van der Waals surface area contributed by atoms with Crippen LogP contribution in [-0.2, 0) is 16.1 Å². The lowest BCUT2D eigenvalue weighted by Gasteiger charge is -2.13. The van der Waals surface area contributed by atoms with Gasteiger partial charge in [0.15, 0.2) is 5.16 Å². The van der Waals surface area contributed by atoms with E-state index in [4.69, 9.17) is 4.74 Å². The molecule has 0 bridgehead atoms. The van der Waals surface area contributed by atoms with E-state index in [1.807, 2.05) is 60.9 Å². The van der Waals surface area contributed by atoms with E-state index in [0.29, 0.717) is 12.1 Å². The molecule has 1 heterocycles. The second kappa shape index (κ2) is 10.8. The highest BCUT2D eigenvalue weighted by Crippen LogP contribution is 2.24. The van der Waals surface area contributed by atoms with Gasteiger partial charge < -0.3 is 14.6 Å². The predicted octanol–water partition coefficient (Wildman–Crippen LogP) is 4.29. The van der Waals surface area contributed by atoms with Crippen molar-refractivity contribution in [2.24, 2.45) is 0 Å². The number of aromatic nitrogens is 2. The lowest BCUT2D eigenvalue weighted by atomic mass is 10.2. The van der Waals surface area contributed by atoms with Gasteiger partial charge in [-0.05, 0) is 44.0 Å². The lowest BCUT2D eigenvalue weighted by Crippen LogP contribution is -2.24. The number of rotatable bonds is 10. The average molecular weight is 426 g/mol. The van der Waals surface area contributed by atoms with Crippen LogP contribution in [0.25, 0.3) is 11.0 Å². The highest BCUT2D eigenvalue weighted by molar-refractivity contribution is 7.99. The highest BCUT2D eigenvalue weighted by atomic mass is 32.2. The number of nitrogens with one attached hydrogen (secondary N) is 1. The Hall–Kier alpha value is -2.80. The van der Waals surface area contributed by atoms with Crippen molar-refractivity contribution in [3.05, 3.63) is 60.2 Å². The number of hydrogen-bond donors (Lipinski definition) is 1. The van der Waals surface area contributed by atoms with Crippen molar-refractivity contribution in [1.29, 1.82) is 0 Å². The molecule has 30 heavy (non-hydrogen) atoms.